The Morgan fingerprint density at radius 3 is 2.43 bits per heavy atom. The predicted octanol–water partition coefficient (Wildman–Crippen LogP) is 4.16. The van der Waals surface area contributed by atoms with Crippen LogP contribution in [0.4, 0.5) is 5.95 Å². The number of rotatable bonds is 6. The standard InChI is InChI=1S/C23H24N4O/c1-16-21-19(13-12-18-10-6-7-11-20(18)28-2)15-27(22(21)26-23(24)25-16)14-17-8-4-3-5-9-17/h3-11,15H,12-14H2,1-2H3,(H2,24,25,26). The molecule has 0 unspecified atom stereocenters. The van der Waals surface area contributed by atoms with Gasteiger partial charge in [-0.2, -0.15) is 4.98 Å². The summed E-state index contributed by atoms with van der Waals surface area (Å²) in [6.07, 6.45) is 3.96. The second-order valence-corrected chi connectivity index (χ2v) is 6.95. The van der Waals surface area contributed by atoms with E-state index in [-0.39, 0.29) is 0 Å². The number of nitrogens with zero attached hydrogens (tertiary/aromatic N) is 3. The first-order valence-electron chi connectivity index (χ1n) is 9.43. The van der Waals surface area contributed by atoms with Gasteiger partial charge < -0.3 is 15.0 Å². The molecule has 0 aliphatic rings. The highest BCUT2D eigenvalue weighted by Crippen LogP contribution is 2.27. The lowest BCUT2D eigenvalue weighted by molar-refractivity contribution is 0.409. The van der Waals surface area contributed by atoms with Crippen molar-refractivity contribution in [2.45, 2.75) is 26.3 Å². The van der Waals surface area contributed by atoms with Crippen LogP contribution >= 0.6 is 0 Å². The molecule has 2 N–H and O–H groups in total. The summed E-state index contributed by atoms with van der Waals surface area (Å²) in [4.78, 5) is 8.95. The quantitative estimate of drug-likeness (QED) is 0.552. The molecule has 0 spiro atoms. The molecule has 0 saturated heterocycles. The molecule has 0 saturated carbocycles. The van der Waals surface area contributed by atoms with Crippen LogP contribution in [0, 0.1) is 6.92 Å². The molecule has 0 radical (unpaired) electrons. The molecule has 0 atom stereocenters. The van der Waals surface area contributed by atoms with Gasteiger partial charge in [-0.1, -0.05) is 48.5 Å². The van der Waals surface area contributed by atoms with Gasteiger partial charge in [-0.3, -0.25) is 0 Å². The van der Waals surface area contributed by atoms with Crippen LogP contribution in [0.3, 0.4) is 0 Å². The summed E-state index contributed by atoms with van der Waals surface area (Å²) in [5.74, 6) is 1.24. The lowest BCUT2D eigenvalue weighted by atomic mass is 10.0. The molecule has 0 bridgehead atoms. The number of anilines is 1. The van der Waals surface area contributed by atoms with Gasteiger partial charge in [0, 0.05) is 18.1 Å². The first-order chi connectivity index (χ1) is 13.7. The van der Waals surface area contributed by atoms with Crippen LogP contribution in [-0.2, 0) is 19.4 Å². The molecule has 4 aromatic rings. The summed E-state index contributed by atoms with van der Waals surface area (Å²) in [5, 5.41) is 1.10. The molecular formula is C23H24N4O. The van der Waals surface area contributed by atoms with Gasteiger partial charge in [0.25, 0.3) is 0 Å². The maximum absolute atomic E-state index is 5.95. The van der Waals surface area contributed by atoms with Crippen LogP contribution in [-0.4, -0.2) is 21.6 Å². The van der Waals surface area contributed by atoms with Crippen molar-refractivity contribution in [1.82, 2.24) is 14.5 Å². The summed E-state index contributed by atoms with van der Waals surface area (Å²) in [7, 11) is 1.71. The third kappa shape index (κ3) is 3.56. The van der Waals surface area contributed by atoms with E-state index in [1.807, 2.05) is 31.2 Å². The van der Waals surface area contributed by atoms with Crippen molar-refractivity contribution in [1.29, 1.82) is 0 Å². The van der Waals surface area contributed by atoms with Gasteiger partial charge in [-0.15, -0.1) is 0 Å². The lowest BCUT2D eigenvalue weighted by Crippen LogP contribution is -2.03. The molecule has 28 heavy (non-hydrogen) atoms. The van der Waals surface area contributed by atoms with E-state index in [0.717, 1.165) is 41.9 Å². The minimum absolute atomic E-state index is 0.314. The predicted molar refractivity (Wildman–Crippen MR) is 113 cm³/mol. The Balaban J connectivity index is 1.71. The van der Waals surface area contributed by atoms with Crippen molar-refractivity contribution in [3.05, 3.63) is 83.2 Å². The molecule has 0 fully saturated rings. The summed E-state index contributed by atoms with van der Waals surface area (Å²) in [5.41, 5.74) is 11.4. The van der Waals surface area contributed by atoms with Crippen molar-refractivity contribution >= 4 is 17.0 Å². The van der Waals surface area contributed by atoms with Gasteiger partial charge in [0.05, 0.1) is 12.8 Å². The number of aromatic nitrogens is 3. The van der Waals surface area contributed by atoms with Gasteiger partial charge in [0.2, 0.25) is 5.95 Å². The Kier molecular flexibility index (Phi) is 4.98. The summed E-state index contributed by atoms with van der Waals surface area (Å²) in [6.45, 7) is 2.75. The van der Waals surface area contributed by atoms with E-state index >= 15 is 0 Å². The third-order valence-electron chi connectivity index (χ3n) is 5.04. The van der Waals surface area contributed by atoms with Crippen molar-refractivity contribution in [3.8, 4) is 5.75 Å². The number of nitrogens with two attached hydrogens (primary N) is 1. The van der Waals surface area contributed by atoms with Crippen molar-refractivity contribution in [2.75, 3.05) is 12.8 Å². The third-order valence-corrected chi connectivity index (χ3v) is 5.04. The molecule has 142 valence electrons. The number of aryl methyl sites for hydroxylation is 3. The number of hydrogen-bond donors (Lipinski definition) is 1. The molecule has 0 aliphatic carbocycles. The SMILES string of the molecule is COc1ccccc1CCc1cn(Cc2ccccc2)c2nc(N)nc(C)c12. The minimum atomic E-state index is 0.314. The highest BCUT2D eigenvalue weighted by molar-refractivity contribution is 5.84. The number of nitrogen functional groups attached to an aromatic ring is 1. The molecule has 0 amide bonds. The van der Waals surface area contributed by atoms with Crippen molar-refractivity contribution in [2.24, 2.45) is 0 Å². The maximum atomic E-state index is 5.95. The van der Waals surface area contributed by atoms with Crippen LogP contribution in [0.25, 0.3) is 11.0 Å². The molecule has 2 aromatic heterocycles. The average molecular weight is 372 g/mol. The van der Waals surface area contributed by atoms with Crippen molar-refractivity contribution in [3.63, 3.8) is 0 Å². The van der Waals surface area contributed by atoms with Gasteiger partial charge in [0.1, 0.15) is 11.4 Å². The van der Waals surface area contributed by atoms with E-state index in [1.54, 1.807) is 7.11 Å². The van der Waals surface area contributed by atoms with E-state index in [4.69, 9.17) is 10.5 Å². The van der Waals surface area contributed by atoms with Crippen LogP contribution in [0.1, 0.15) is 22.4 Å². The molecular weight excluding hydrogens is 348 g/mol. The normalized spacial score (nSPS) is 11.1. The number of fused-ring (bicyclic) bond motifs is 1. The van der Waals surface area contributed by atoms with Crippen LogP contribution in [0.2, 0.25) is 0 Å². The fourth-order valence-corrected chi connectivity index (χ4v) is 3.75. The average Bonchev–Trinajstić information content (AvgIpc) is 3.05. The second kappa shape index (κ2) is 7.72. The van der Waals surface area contributed by atoms with Gasteiger partial charge in [0.15, 0.2) is 0 Å². The highest BCUT2D eigenvalue weighted by atomic mass is 16.5. The van der Waals surface area contributed by atoms with Gasteiger partial charge in [-0.05, 0) is 42.5 Å². The van der Waals surface area contributed by atoms with Gasteiger partial charge >= 0.3 is 0 Å². The largest absolute Gasteiger partial charge is 0.496 e. The van der Waals surface area contributed by atoms with E-state index in [2.05, 4.69) is 51.1 Å². The lowest BCUT2D eigenvalue weighted by Gasteiger charge is -2.08. The molecule has 5 nitrogen and oxygen atoms in total. The van der Waals surface area contributed by atoms with Gasteiger partial charge in [-0.25, -0.2) is 4.98 Å². The zero-order valence-electron chi connectivity index (χ0n) is 16.2. The monoisotopic (exact) mass is 372 g/mol. The number of benzene rings is 2. The zero-order chi connectivity index (χ0) is 19.5. The highest BCUT2D eigenvalue weighted by Gasteiger charge is 2.15. The Bertz CT molecular complexity index is 1100. The van der Waals surface area contributed by atoms with Crippen LogP contribution < -0.4 is 10.5 Å². The first kappa shape index (κ1) is 18.0. The minimum Gasteiger partial charge on any atom is -0.496 e. The number of ether oxygens (including phenoxy) is 1. The Hall–Kier alpha value is -3.34. The smallest absolute Gasteiger partial charge is 0.222 e. The van der Waals surface area contributed by atoms with E-state index < -0.39 is 0 Å². The Morgan fingerprint density at radius 2 is 1.64 bits per heavy atom. The summed E-state index contributed by atoms with van der Waals surface area (Å²) >= 11 is 0. The number of hydrogen-bond acceptors (Lipinski definition) is 4. The fraction of sp³-hybridized carbons (Fsp3) is 0.217. The number of para-hydroxylation sites is 1. The maximum Gasteiger partial charge on any atom is 0.222 e. The molecule has 5 heteroatoms. The summed E-state index contributed by atoms with van der Waals surface area (Å²) in [6, 6.07) is 18.5. The van der Waals surface area contributed by atoms with Crippen molar-refractivity contribution < 1.29 is 4.74 Å². The second-order valence-electron chi connectivity index (χ2n) is 6.95. The molecule has 4 rings (SSSR count). The molecule has 0 aliphatic heterocycles. The zero-order valence-corrected chi connectivity index (χ0v) is 16.2. The Labute approximate surface area is 164 Å². The van der Waals surface area contributed by atoms with E-state index in [1.165, 1.54) is 16.7 Å². The summed E-state index contributed by atoms with van der Waals surface area (Å²) < 4.78 is 7.67. The number of methoxy groups -OCH3 is 1. The Morgan fingerprint density at radius 1 is 0.929 bits per heavy atom. The molecule has 2 heterocycles. The topological polar surface area (TPSA) is 66.0 Å². The van der Waals surface area contributed by atoms with Crippen LogP contribution in [0.15, 0.2) is 60.8 Å². The first-order valence-corrected chi connectivity index (χ1v) is 9.43. The van der Waals surface area contributed by atoms with E-state index in [9.17, 15) is 0 Å². The fourth-order valence-electron chi connectivity index (χ4n) is 3.75. The molecule has 2 aromatic carbocycles. The van der Waals surface area contributed by atoms with Crippen LogP contribution in [0.5, 0.6) is 5.75 Å². The van der Waals surface area contributed by atoms with E-state index in [0.29, 0.717) is 5.95 Å².